The second-order valence-corrected chi connectivity index (χ2v) is 6.26. The van der Waals surface area contributed by atoms with Gasteiger partial charge in [0.15, 0.2) is 17.3 Å². The van der Waals surface area contributed by atoms with Gasteiger partial charge in [0.2, 0.25) is 5.75 Å². The van der Waals surface area contributed by atoms with Gasteiger partial charge < -0.3 is 14.2 Å². The van der Waals surface area contributed by atoms with E-state index >= 15 is 0 Å². The van der Waals surface area contributed by atoms with Crippen molar-refractivity contribution in [3.8, 4) is 28.5 Å². The maximum absolute atomic E-state index is 12.2. The Morgan fingerprint density at radius 3 is 2.21 bits per heavy atom. The van der Waals surface area contributed by atoms with E-state index in [0.717, 1.165) is 5.56 Å². The first-order valence-corrected chi connectivity index (χ1v) is 8.77. The number of hydrogen-bond donors (Lipinski definition) is 1. The van der Waals surface area contributed by atoms with Gasteiger partial charge in [-0.3, -0.25) is 9.89 Å². The minimum Gasteiger partial charge on any atom is -0.493 e. The van der Waals surface area contributed by atoms with Gasteiger partial charge in [-0.15, -0.1) is 0 Å². The van der Waals surface area contributed by atoms with E-state index in [9.17, 15) is 4.79 Å². The van der Waals surface area contributed by atoms with Crippen LogP contribution in [0.3, 0.4) is 0 Å². The zero-order chi connectivity index (χ0) is 20.1. The van der Waals surface area contributed by atoms with Crippen molar-refractivity contribution in [1.82, 2.24) is 10.2 Å². The molecule has 1 N–H and O–H groups in total. The molecule has 3 rings (SSSR count). The summed E-state index contributed by atoms with van der Waals surface area (Å²) in [5.41, 5.74) is 2.71. The minimum atomic E-state index is -0.124. The maximum Gasteiger partial charge on any atom is 0.203 e. The molecule has 28 heavy (non-hydrogen) atoms. The van der Waals surface area contributed by atoms with Crippen LogP contribution in [0.4, 0.5) is 0 Å². The lowest BCUT2D eigenvalue weighted by Crippen LogP contribution is -1.95. The Hall–Kier alpha value is -3.25. The molecule has 2 aromatic carbocycles. The van der Waals surface area contributed by atoms with Gasteiger partial charge in [0.1, 0.15) is 0 Å². The topological polar surface area (TPSA) is 73.4 Å². The number of benzene rings is 2. The highest BCUT2D eigenvalue weighted by Gasteiger charge is 2.15. The van der Waals surface area contributed by atoms with Gasteiger partial charge in [-0.2, -0.15) is 5.10 Å². The summed E-state index contributed by atoms with van der Waals surface area (Å²) in [5, 5.41) is 7.79. The van der Waals surface area contributed by atoms with Crippen LogP contribution in [0.2, 0.25) is 5.02 Å². The number of nitrogens with one attached hydrogen (secondary N) is 1. The van der Waals surface area contributed by atoms with Crippen LogP contribution in [0.5, 0.6) is 17.2 Å². The number of halogens is 1. The van der Waals surface area contributed by atoms with E-state index in [4.69, 9.17) is 25.8 Å². The second kappa shape index (κ2) is 8.63. The monoisotopic (exact) mass is 398 g/mol. The SMILES string of the molecule is COc1cc(-c2cc(C=CC(=O)c3ccc(Cl)cc3)[nH]n2)cc(OC)c1OC. The summed E-state index contributed by atoms with van der Waals surface area (Å²) in [5.74, 6) is 1.46. The average molecular weight is 399 g/mol. The second-order valence-electron chi connectivity index (χ2n) is 5.83. The van der Waals surface area contributed by atoms with Crippen molar-refractivity contribution in [1.29, 1.82) is 0 Å². The molecule has 6 nitrogen and oxygen atoms in total. The number of ketones is 1. The summed E-state index contributed by atoms with van der Waals surface area (Å²) >= 11 is 5.84. The van der Waals surface area contributed by atoms with Crippen molar-refractivity contribution in [2.24, 2.45) is 0 Å². The molecule has 0 amide bonds. The van der Waals surface area contributed by atoms with E-state index in [1.807, 2.05) is 18.2 Å². The van der Waals surface area contributed by atoms with Crippen LogP contribution in [0.25, 0.3) is 17.3 Å². The highest BCUT2D eigenvalue weighted by Crippen LogP contribution is 2.40. The first-order valence-electron chi connectivity index (χ1n) is 8.39. The Bertz CT molecular complexity index is 984. The molecule has 0 aliphatic carbocycles. The van der Waals surface area contributed by atoms with E-state index in [0.29, 0.717) is 39.2 Å². The zero-order valence-corrected chi connectivity index (χ0v) is 16.4. The summed E-state index contributed by atoms with van der Waals surface area (Å²) in [4.78, 5) is 12.2. The van der Waals surface area contributed by atoms with Crippen molar-refractivity contribution < 1.29 is 19.0 Å². The quantitative estimate of drug-likeness (QED) is 0.463. The lowest BCUT2D eigenvalue weighted by Gasteiger charge is -2.13. The molecule has 0 radical (unpaired) electrons. The lowest BCUT2D eigenvalue weighted by atomic mass is 10.1. The van der Waals surface area contributed by atoms with Crippen LogP contribution in [0, 0.1) is 0 Å². The fourth-order valence-corrected chi connectivity index (χ4v) is 2.80. The predicted octanol–water partition coefficient (Wildman–Crippen LogP) is 4.65. The number of nitrogens with zero attached hydrogens (tertiary/aromatic N) is 1. The van der Waals surface area contributed by atoms with Crippen LogP contribution < -0.4 is 14.2 Å². The van der Waals surface area contributed by atoms with Crippen molar-refractivity contribution >= 4 is 23.5 Å². The fourth-order valence-electron chi connectivity index (χ4n) is 2.67. The van der Waals surface area contributed by atoms with Crippen LogP contribution in [-0.2, 0) is 0 Å². The van der Waals surface area contributed by atoms with Crippen LogP contribution in [-0.4, -0.2) is 37.3 Å². The highest BCUT2D eigenvalue weighted by molar-refractivity contribution is 6.30. The Morgan fingerprint density at radius 1 is 1.00 bits per heavy atom. The number of carbonyl (C=O) groups is 1. The molecule has 0 bridgehead atoms. The van der Waals surface area contributed by atoms with Gasteiger partial charge in [-0.25, -0.2) is 0 Å². The average Bonchev–Trinajstić information content (AvgIpc) is 3.20. The van der Waals surface area contributed by atoms with Gasteiger partial charge in [0.05, 0.1) is 32.7 Å². The van der Waals surface area contributed by atoms with E-state index in [1.165, 1.54) is 6.08 Å². The predicted molar refractivity (Wildman–Crippen MR) is 108 cm³/mol. The van der Waals surface area contributed by atoms with Gasteiger partial charge >= 0.3 is 0 Å². The van der Waals surface area contributed by atoms with E-state index in [-0.39, 0.29) is 5.78 Å². The summed E-state index contributed by atoms with van der Waals surface area (Å²) in [7, 11) is 4.67. The normalized spacial score (nSPS) is 10.9. The molecule has 0 atom stereocenters. The highest BCUT2D eigenvalue weighted by atomic mass is 35.5. The van der Waals surface area contributed by atoms with Crippen molar-refractivity contribution in [2.75, 3.05) is 21.3 Å². The van der Waals surface area contributed by atoms with Gasteiger partial charge in [0, 0.05) is 16.1 Å². The molecule has 7 heteroatoms. The number of allylic oxidation sites excluding steroid dienone is 1. The third kappa shape index (κ3) is 4.18. The smallest absolute Gasteiger partial charge is 0.203 e. The Morgan fingerprint density at radius 2 is 1.64 bits per heavy atom. The lowest BCUT2D eigenvalue weighted by molar-refractivity contribution is 0.104. The Kier molecular flexibility index (Phi) is 6.01. The third-order valence-corrected chi connectivity index (χ3v) is 4.35. The van der Waals surface area contributed by atoms with Crippen molar-refractivity contribution in [3.63, 3.8) is 0 Å². The number of ether oxygens (including phenoxy) is 3. The molecule has 144 valence electrons. The Balaban J connectivity index is 1.84. The van der Waals surface area contributed by atoms with Crippen LogP contribution >= 0.6 is 11.6 Å². The summed E-state index contributed by atoms with van der Waals surface area (Å²) in [6.45, 7) is 0. The zero-order valence-electron chi connectivity index (χ0n) is 15.7. The summed E-state index contributed by atoms with van der Waals surface area (Å²) in [6, 6.07) is 12.2. The molecule has 0 aliphatic rings. The first kappa shape index (κ1) is 19.5. The van der Waals surface area contributed by atoms with Crippen molar-refractivity contribution in [3.05, 3.63) is 64.8 Å². The number of aromatic nitrogens is 2. The molecule has 0 fully saturated rings. The minimum absolute atomic E-state index is 0.124. The Labute approximate surface area is 167 Å². The molecule has 0 unspecified atom stereocenters. The largest absolute Gasteiger partial charge is 0.493 e. The molecule has 0 saturated heterocycles. The van der Waals surface area contributed by atoms with Crippen LogP contribution in [0.15, 0.2) is 48.5 Å². The number of aromatic amines is 1. The first-order chi connectivity index (χ1) is 13.5. The van der Waals surface area contributed by atoms with Crippen molar-refractivity contribution in [2.45, 2.75) is 0 Å². The number of carbonyl (C=O) groups excluding carboxylic acids is 1. The molecular formula is C21H19ClN2O4. The van der Waals surface area contributed by atoms with Gasteiger partial charge in [-0.05, 0) is 54.6 Å². The van der Waals surface area contributed by atoms with Crippen LogP contribution in [0.1, 0.15) is 16.1 Å². The molecule has 0 saturated carbocycles. The summed E-state index contributed by atoms with van der Waals surface area (Å²) in [6.07, 6.45) is 3.15. The molecule has 3 aromatic rings. The number of hydrogen-bond acceptors (Lipinski definition) is 5. The number of rotatable bonds is 7. The third-order valence-electron chi connectivity index (χ3n) is 4.10. The number of methoxy groups -OCH3 is 3. The molecule has 0 spiro atoms. The fraction of sp³-hybridized carbons (Fsp3) is 0.143. The molecule has 1 aromatic heterocycles. The van der Waals surface area contributed by atoms with E-state index in [1.54, 1.807) is 51.7 Å². The van der Waals surface area contributed by atoms with E-state index in [2.05, 4.69) is 10.2 Å². The standard InChI is InChI=1S/C21H19ClN2O4/c1-26-19-10-14(11-20(27-2)21(19)28-3)17-12-16(23-24-17)8-9-18(25)13-4-6-15(22)7-5-13/h4-12H,1-3H3,(H,23,24). The molecule has 1 heterocycles. The maximum atomic E-state index is 12.2. The van der Waals surface area contributed by atoms with E-state index < -0.39 is 0 Å². The van der Waals surface area contributed by atoms with Gasteiger partial charge in [-0.1, -0.05) is 11.6 Å². The number of H-pyrrole nitrogens is 1. The van der Waals surface area contributed by atoms with Gasteiger partial charge in [0.25, 0.3) is 0 Å². The molecule has 0 aliphatic heterocycles. The summed E-state index contributed by atoms with van der Waals surface area (Å²) < 4.78 is 16.1. The molecular weight excluding hydrogens is 380 g/mol.